The Morgan fingerprint density at radius 1 is 1.19 bits per heavy atom. The number of aliphatic hydroxyl groups is 1. The molecule has 0 aromatic heterocycles. The molecule has 1 saturated heterocycles. The lowest BCUT2D eigenvalue weighted by molar-refractivity contribution is -0.384. The highest BCUT2D eigenvalue weighted by Crippen LogP contribution is 2.41. The number of ether oxygens (including phenoxy) is 2. The average molecular weight is 440 g/mol. The largest absolute Gasteiger partial charge is 0.507 e. The Hall–Kier alpha value is -3.72. The molecule has 1 fully saturated rings. The summed E-state index contributed by atoms with van der Waals surface area (Å²) < 4.78 is 10.2. The summed E-state index contributed by atoms with van der Waals surface area (Å²) >= 11 is 0. The summed E-state index contributed by atoms with van der Waals surface area (Å²) in [6, 6.07) is 9.70. The fourth-order valence-corrected chi connectivity index (χ4v) is 3.82. The molecular weight excluding hydrogens is 416 g/mol. The number of nitro benzene ring substituents is 1. The third-order valence-corrected chi connectivity index (χ3v) is 5.37. The van der Waals surface area contributed by atoms with E-state index in [9.17, 15) is 24.8 Å². The van der Waals surface area contributed by atoms with Gasteiger partial charge in [0.25, 0.3) is 17.4 Å². The Balaban J connectivity index is 2.18. The number of Topliss-reactive ketones (excluding diaryl/α,β-unsaturated/α-hetero) is 1. The molecule has 32 heavy (non-hydrogen) atoms. The van der Waals surface area contributed by atoms with E-state index in [4.69, 9.17) is 9.47 Å². The van der Waals surface area contributed by atoms with Crippen molar-refractivity contribution in [2.24, 2.45) is 0 Å². The summed E-state index contributed by atoms with van der Waals surface area (Å²) in [5.41, 5.74) is 1.09. The zero-order valence-electron chi connectivity index (χ0n) is 18.0. The Labute approximate surface area is 185 Å². The lowest BCUT2D eigenvalue weighted by atomic mass is 9.93. The second-order valence-corrected chi connectivity index (χ2v) is 7.37. The molecule has 0 saturated carbocycles. The van der Waals surface area contributed by atoms with E-state index in [1.807, 2.05) is 0 Å². The number of methoxy groups -OCH3 is 2. The predicted molar refractivity (Wildman–Crippen MR) is 116 cm³/mol. The normalized spacial score (nSPS) is 17.6. The first-order chi connectivity index (χ1) is 15.3. The minimum Gasteiger partial charge on any atom is -0.507 e. The van der Waals surface area contributed by atoms with Gasteiger partial charge in [0.2, 0.25) is 0 Å². The maximum absolute atomic E-state index is 13.0. The van der Waals surface area contributed by atoms with Crippen molar-refractivity contribution in [3.05, 3.63) is 74.8 Å². The number of likely N-dealkylation sites (tertiary alicyclic amines) is 1. The van der Waals surface area contributed by atoms with Crippen LogP contribution < -0.4 is 4.74 Å². The fourth-order valence-electron chi connectivity index (χ4n) is 3.82. The van der Waals surface area contributed by atoms with E-state index < -0.39 is 22.7 Å². The number of hydrogen-bond acceptors (Lipinski definition) is 7. The van der Waals surface area contributed by atoms with Gasteiger partial charge >= 0.3 is 0 Å². The quantitative estimate of drug-likeness (QED) is 0.167. The molecule has 2 aromatic rings. The molecule has 1 aliphatic heterocycles. The van der Waals surface area contributed by atoms with Crippen molar-refractivity contribution in [2.45, 2.75) is 19.4 Å². The van der Waals surface area contributed by atoms with Gasteiger partial charge in [-0.05, 0) is 42.7 Å². The van der Waals surface area contributed by atoms with Gasteiger partial charge in [-0.2, -0.15) is 0 Å². The molecule has 1 heterocycles. The number of rotatable bonds is 8. The molecule has 1 N–H and O–H groups in total. The van der Waals surface area contributed by atoms with Crippen LogP contribution >= 0.6 is 0 Å². The molecule has 9 heteroatoms. The topological polar surface area (TPSA) is 119 Å². The number of non-ortho nitro benzene ring substituents is 1. The molecule has 1 amide bonds. The zero-order valence-corrected chi connectivity index (χ0v) is 18.0. The van der Waals surface area contributed by atoms with Gasteiger partial charge < -0.3 is 19.5 Å². The summed E-state index contributed by atoms with van der Waals surface area (Å²) in [7, 11) is 3.04. The van der Waals surface area contributed by atoms with Crippen LogP contribution in [0.2, 0.25) is 0 Å². The van der Waals surface area contributed by atoms with E-state index in [0.717, 1.165) is 0 Å². The van der Waals surface area contributed by atoms with Crippen LogP contribution in [-0.4, -0.2) is 54.0 Å². The first kappa shape index (κ1) is 23.0. The smallest absolute Gasteiger partial charge is 0.295 e. The molecule has 0 spiro atoms. The molecule has 2 aromatic carbocycles. The van der Waals surface area contributed by atoms with E-state index in [1.165, 1.54) is 37.3 Å². The number of nitrogens with zero attached hydrogens (tertiary/aromatic N) is 2. The van der Waals surface area contributed by atoms with Crippen molar-refractivity contribution < 1.29 is 29.1 Å². The molecule has 1 unspecified atom stereocenters. The maximum atomic E-state index is 13.0. The van der Waals surface area contributed by atoms with E-state index in [2.05, 4.69) is 0 Å². The molecule has 3 rings (SSSR count). The lowest BCUT2D eigenvalue weighted by Gasteiger charge is -2.25. The number of ketones is 1. The summed E-state index contributed by atoms with van der Waals surface area (Å²) in [4.78, 5) is 37.9. The Bertz CT molecular complexity index is 1090. The number of amides is 1. The van der Waals surface area contributed by atoms with Crippen LogP contribution in [0, 0.1) is 17.0 Å². The van der Waals surface area contributed by atoms with Gasteiger partial charge in [0.15, 0.2) is 0 Å². The number of nitro groups is 1. The van der Waals surface area contributed by atoms with Crippen LogP contribution in [0.4, 0.5) is 5.69 Å². The van der Waals surface area contributed by atoms with Gasteiger partial charge in [-0.3, -0.25) is 19.7 Å². The molecule has 9 nitrogen and oxygen atoms in total. The third kappa shape index (κ3) is 4.33. The van der Waals surface area contributed by atoms with Crippen LogP contribution in [0.15, 0.2) is 48.0 Å². The highest BCUT2D eigenvalue weighted by Gasteiger charge is 2.46. The minimum atomic E-state index is -0.965. The Morgan fingerprint density at radius 2 is 1.94 bits per heavy atom. The number of hydrogen-bond donors (Lipinski definition) is 1. The van der Waals surface area contributed by atoms with E-state index in [1.54, 1.807) is 31.2 Å². The summed E-state index contributed by atoms with van der Waals surface area (Å²) in [5, 5.41) is 22.4. The summed E-state index contributed by atoms with van der Waals surface area (Å²) in [6.07, 6.45) is 0.455. The van der Waals surface area contributed by atoms with Gasteiger partial charge in [-0.15, -0.1) is 0 Å². The minimum absolute atomic E-state index is 0.110. The standard InChI is InChI=1S/C23H24N2O7/c1-14-12-17(32-3)8-9-18(14)21(26)19-20(15-6-4-7-16(13-15)25(29)30)24(10-5-11-31-2)23(28)22(19)27/h4,6-9,12-13,20,26H,5,10-11H2,1-3H3. The number of aliphatic hydroxyl groups excluding tert-OH is 1. The predicted octanol–water partition coefficient (Wildman–Crippen LogP) is 3.37. The van der Waals surface area contributed by atoms with E-state index >= 15 is 0 Å². The van der Waals surface area contributed by atoms with E-state index in [0.29, 0.717) is 35.5 Å². The highest BCUT2D eigenvalue weighted by molar-refractivity contribution is 6.46. The number of aryl methyl sites for hydroxylation is 1. The second kappa shape index (κ2) is 9.61. The number of carbonyl (C=O) groups excluding carboxylic acids is 2. The third-order valence-electron chi connectivity index (χ3n) is 5.37. The fraction of sp³-hybridized carbons (Fsp3) is 0.304. The molecule has 0 bridgehead atoms. The SMILES string of the molecule is COCCCN1C(=O)C(=O)C(=C(O)c2ccc(OC)cc2C)C1c1cccc([N+](=O)[O-])c1. The monoisotopic (exact) mass is 440 g/mol. The van der Waals surface area contributed by atoms with Crippen LogP contribution in [-0.2, 0) is 14.3 Å². The molecule has 168 valence electrons. The summed E-state index contributed by atoms with van der Waals surface area (Å²) in [5.74, 6) is -1.37. The van der Waals surface area contributed by atoms with Crippen molar-refractivity contribution in [1.82, 2.24) is 4.90 Å². The van der Waals surface area contributed by atoms with Gasteiger partial charge in [-0.1, -0.05) is 12.1 Å². The molecule has 1 atom stereocenters. The van der Waals surface area contributed by atoms with Crippen LogP contribution in [0.3, 0.4) is 0 Å². The van der Waals surface area contributed by atoms with Crippen molar-refractivity contribution in [3.63, 3.8) is 0 Å². The molecular formula is C23H24N2O7. The lowest BCUT2D eigenvalue weighted by Crippen LogP contribution is -2.31. The van der Waals surface area contributed by atoms with Crippen LogP contribution in [0.1, 0.15) is 29.2 Å². The Kier molecular flexibility index (Phi) is 6.89. The Morgan fingerprint density at radius 3 is 2.56 bits per heavy atom. The van der Waals surface area contributed by atoms with Crippen molar-refractivity contribution in [3.8, 4) is 5.75 Å². The second-order valence-electron chi connectivity index (χ2n) is 7.37. The van der Waals surface area contributed by atoms with Gasteiger partial charge in [0.1, 0.15) is 11.5 Å². The first-order valence-electron chi connectivity index (χ1n) is 9.96. The maximum Gasteiger partial charge on any atom is 0.295 e. The molecule has 1 aliphatic rings. The number of carbonyl (C=O) groups is 2. The molecule has 0 aliphatic carbocycles. The summed E-state index contributed by atoms with van der Waals surface area (Å²) in [6.45, 7) is 2.29. The number of benzene rings is 2. The highest BCUT2D eigenvalue weighted by atomic mass is 16.6. The van der Waals surface area contributed by atoms with Gasteiger partial charge in [-0.25, -0.2) is 0 Å². The van der Waals surface area contributed by atoms with E-state index in [-0.39, 0.29) is 23.6 Å². The van der Waals surface area contributed by atoms with Crippen LogP contribution in [0.5, 0.6) is 5.75 Å². The van der Waals surface area contributed by atoms with Crippen LogP contribution in [0.25, 0.3) is 5.76 Å². The van der Waals surface area contributed by atoms with Gasteiger partial charge in [0.05, 0.1) is 23.6 Å². The van der Waals surface area contributed by atoms with Crippen molar-refractivity contribution >= 4 is 23.1 Å². The first-order valence-corrected chi connectivity index (χ1v) is 9.96. The zero-order chi connectivity index (χ0) is 23.4. The molecule has 0 radical (unpaired) electrons. The average Bonchev–Trinajstić information content (AvgIpc) is 3.03. The van der Waals surface area contributed by atoms with Gasteiger partial charge in [0, 0.05) is 38.0 Å². The van der Waals surface area contributed by atoms with Crippen molar-refractivity contribution in [2.75, 3.05) is 27.4 Å². The van der Waals surface area contributed by atoms with Crippen molar-refractivity contribution in [1.29, 1.82) is 0 Å².